The van der Waals surface area contributed by atoms with Crippen molar-refractivity contribution in [2.45, 2.75) is 145 Å². The lowest BCUT2D eigenvalue weighted by Gasteiger charge is -2.60. The van der Waals surface area contributed by atoms with Gasteiger partial charge in [0, 0.05) is 25.4 Å². The SMILES string of the molecule is CC(=O)O.CC(C)[Si](OC[C@@H](C)[C@H]1CC[C@H]2[C@@H]3CC=C4C(C)(C)C(=O)CC[C@]4(C)[C@H]3CC[C@]12C)(C(C)C)C(C)C. The second-order valence-electron chi connectivity index (χ2n) is 16.0. The van der Waals surface area contributed by atoms with Crippen molar-refractivity contribution < 1.29 is 19.1 Å². The first-order valence-electron chi connectivity index (χ1n) is 16.4. The number of ketones is 1. The minimum atomic E-state index is -1.82. The Morgan fingerprint density at radius 2 is 1.50 bits per heavy atom. The maximum atomic E-state index is 12.8. The number of allylic oxidation sites excluding steroid dienone is 2. The largest absolute Gasteiger partial charge is 0.481 e. The van der Waals surface area contributed by atoms with Gasteiger partial charge in [0.25, 0.3) is 5.97 Å². The Hall–Kier alpha value is -0.943. The van der Waals surface area contributed by atoms with Gasteiger partial charge in [-0.05, 0) is 109 Å². The van der Waals surface area contributed by atoms with Crippen LogP contribution in [0.25, 0.3) is 0 Å². The highest BCUT2D eigenvalue weighted by Gasteiger charge is 2.61. The topological polar surface area (TPSA) is 63.6 Å². The zero-order valence-electron chi connectivity index (χ0n) is 28.0. The number of carbonyl (C=O) groups is 2. The van der Waals surface area contributed by atoms with Crippen LogP contribution in [0.3, 0.4) is 0 Å². The second-order valence-corrected chi connectivity index (χ2v) is 21.5. The van der Waals surface area contributed by atoms with Crippen molar-refractivity contribution in [3.05, 3.63) is 11.6 Å². The van der Waals surface area contributed by atoms with E-state index in [1.54, 1.807) is 0 Å². The molecule has 3 fully saturated rings. The molecule has 230 valence electrons. The van der Waals surface area contributed by atoms with E-state index in [9.17, 15) is 4.79 Å². The normalized spacial score (nSPS) is 35.9. The molecule has 40 heavy (non-hydrogen) atoms. The Bertz CT molecular complexity index is 939. The Kier molecular flexibility index (Phi) is 10.0. The third-order valence-corrected chi connectivity index (χ3v) is 18.9. The third-order valence-electron chi connectivity index (χ3n) is 12.8. The number of carboxylic acids is 1. The number of aliphatic carboxylic acids is 1. The second kappa shape index (κ2) is 12.0. The average molecular weight is 575 g/mol. The molecule has 0 aromatic rings. The molecular formula is C35H62O4Si. The van der Waals surface area contributed by atoms with Crippen LogP contribution in [-0.4, -0.2) is 31.8 Å². The molecule has 0 heterocycles. The molecule has 0 aromatic carbocycles. The van der Waals surface area contributed by atoms with Crippen molar-refractivity contribution in [3.63, 3.8) is 0 Å². The van der Waals surface area contributed by atoms with Crippen LogP contribution in [0.15, 0.2) is 11.6 Å². The van der Waals surface area contributed by atoms with Gasteiger partial charge >= 0.3 is 0 Å². The minimum absolute atomic E-state index is 0.228. The molecule has 4 rings (SSSR count). The maximum absolute atomic E-state index is 12.8. The molecule has 3 saturated carbocycles. The summed E-state index contributed by atoms with van der Waals surface area (Å²) in [5, 5.41) is 7.42. The summed E-state index contributed by atoms with van der Waals surface area (Å²) in [7, 11) is -1.82. The van der Waals surface area contributed by atoms with E-state index in [-0.39, 0.29) is 10.8 Å². The molecule has 0 aromatic heterocycles. The van der Waals surface area contributed by atoms with E-state index in [1.165, 1.54) is 37.7 Å². The molecule has 0 spiro atoms. The van der Waals surface area contributed by atoms with Crippen molar-refractivity contribution in [1.82, 2.24) is 0 Å². The molecule has 0 unspecified atom stereocenters. The summed E-state index contributed by atoms with van der Waals surface area (Å²) in [6.07, 6.45) is 11.1. The van der Waals surface area contributed by atoms with Gasteiger partial charge in [0.1, 0.15) is 5.78 Å². The van der Waals surface area contributed by atoms with Crippen LogP contribution in [0.1, 0.15) is 128 Å². The van der Waals surface area contributed by atoms with Crippen molar-refractivity contribution in [1.29, 1.82) is 0 Å². The smallest absolute Gasteiger partial charge is 0.300 e. The predicted molar refractivity (Wildman–Crippen MR) is 169 cm³/mol. The summed E-state index contributed by atoms with van der Waals surface area (Å²) in [5.74, 6) is 3.44. The number of hydrogen-bond donors (Lipinski definition) is 1. The van der Waals surface area contributed by atoms with Crippen LogP contribution < -0.4 is 0 Å². The Balaban J connectivity index is 0.00000103. The van der Waals surface area contributed by atoms with E-state index < -0.39 is 14.3 Å². The molecule has 0 saturated heterocycles. The van der Waals surface area contributed by atoms with Gasteiger partial charge in [0.15, 0.2) is 8.32 Å². The van der Waals surface area contributed by atoms with Crippen LogP contribution in [0.5, 0.6) is 0 Å². The van der Waals surface area contributed by atoms with E-state index in [0.717, 1.165) is 50.0 Å². The van der Waals surface area contributed by atoms with E-state index in [2.05, 4.69) is 82.2 Å². The highest BCUT2D eigenvalue weighted by atomic mass is 28.4. The molecule has 7 atom stereocenters. The summed E-state index contributed by atoms with van der Waals surface area (Å²) in [6.45, 7) is 28.6. The van der Waals surface area contributed by atoms with Crippen LogP contribution in [0, 0.1) is 45.8 Å². The van der Waals surface area contributed by atoms with Crippen LogP contribution in [-0.2, 0) is 14.0 Å². The number of Topliss-reactive ketones (excluding diaryl/α,β-unsaturated/α-hetero) is 1. The van der Waals surface area contributed by atoms with E-state index in [1.807, 2.05) is 0 Å². The molecule has 4 aliphatic carbocycles. The quantitative estimate of drug-likeness (QED) is 0.243. The third kappa shape index (κ3) is 5.56. The van der Waals surface area contributed by atoms with Gasteiger partial charge in [-0.25, -0.2) is 0 Å². The Morgan fingerprint density at radius 3 is 2.02 bits per heavy atom. The van der Waals surface area contributed by atoms with Gasteiger partial charge in [-0.15, -0.1) is 0 Å². The zero-order valence-corrected chi connectivity index (χ0v) is 29.0. The summed E-state index contributed by atoms with van der Waals surface area (Å²) in [6, 6.07) is 0. The fourth-order valence-corrected chi connectivity index (χ4v) is 16.6. The molecule has 0 bridgehead atoms. The van der Waals surface area contributed by atoms with Gasteiger partial charge in [-0.1, -0.05) is 74.0 Å². The minimum Gasteiger partial charge on any atom is -0.481 e. The van der Waals surface area contributed by atoms with Crippen molar-refractivity contribution in [2.24, 2.45) is 45.8 Å². The molecular weight excluding hydrogens is 512 g/mol. The van der Waals surface area contributed by atoms with E-state index in [4.69, 9.17) is 14.3 Å². The number of hydrogen-bond acceptors (Lipinski definition) is 3. The van der Waals surface area contributed by atoms with Gasteiger partial charge in [-0.3, -0.25) is 9.59 Å². The van der Waals surface area contributed by atoms with Crippen LogP contribution in [0.4, 0.5) is 0 Å². The predicted octanol–water partition coefficient (Wildman–Crippen LogP) is 9.69. The van der Waals surface area contributed by atoms with Crippen molar-refractivity contribution >= 4 is 20.1 Å². The van der Waals surface area contributed by atoms with Gasteiger partial charge in [0.2, 0.25) is 0 Å². The summed E-state index contributed by atoms with van der Waals surface area (Å²) >= 11 is 0. The molecule has 0 aliphatic heterocycles. The average Bonchev–Trinajstić information content (AvgIpc) is 3.18. The molecule has 0 radical (unpaired) electrons. The maximum Gasteiger partial charge on any atom is 0.300 e. The number of rotatable bonds is 7. The lowest BCUT2D eigenvalue weighted by Crippen LogP contribution is -2.54. The number of carbonyl (C=O) groups excluding carboxylic acids is 1. The van der Waals surface area contributed by atoms with Gasteiger partial charge < -0.3 is 9.53 Å². The molecule has 1 N–H and O–H groups in total. The van der Waals surface area contributed by atoms with E-state index >= 15 is 0 Å². The molecule has 4 nitrogen and oxygen atoms in total. The zero-order chi connectivity index (χ0) is 30.4. The number of fused-ring (bicyclic) bond motifs is 5. The lowest BCUT2D eigenvalue weighted by molar-refractivity contribution is -0.134. The highest BCUT2D eigenvalue weighted by Crippen LogP contribution is 2.68. The molecule has 5 heteroatoms. The monoisotopic (exact) mass is 574 g/mol. The summed E-state index contributed by atoms with van der Waals surface area (Å²) in [4.78, 5) is 21.8. The molecule has 4 aliphatic rings. The molecule has 0 amide bonds. The first kappa shape index (κ1) is 33.6. The van der Waals surface area contributed by atoms with Crippen molar-refractivity contribution in [2.75, 3.05) is 6.61 Å². The van der Waals surface area contributed by atoms with Gasteiger partial charge in [0.05, 0.1) is 0 Å². The Labute approximate surface area is 247 Å². The number of carboxylic acid groups (broad SMARTS) is 1. The van der Waals surface area contributed by atoms with E-state index in [0.29, 0.717) is 33.7 Å². The standard InChI is InChI=1S/C33H58O2Si.C2H4O2/c1-21(2)36(22(3)4,23(5)6)35-20-24(7)26-13-14-27-25-12-15-29-31(8,9)30(34)17-19-33(29,11)28(25)16-18-32(26,27)10;1-2(3)4/h15,21-28H,12-14,16-20H2,1-11H3;1H3,(H,3,4)/t24-,25+,26-,27+,28+,32-,33-;/m1./s1. The summed E-state index contributed by atoms with van der Waals surface area (Å²) < 4.78 is 7.14. The highest BCUT2D eigenvalue weighted by molar-refractivity contribution is 6.77. The van der Waals surface area contributed by atoms with Crippen LogP contribution >= 0.6 is 0 Å². The first-order chi connectivity index (χ1) is 18.4. The fourth-order valence-electron chi connectivity index (χ4n) is 11.1. The Morgan fingerprint density at radius 1 is 0.950 bits per heavy atom. The van der Waals surface area contributed by atoms with Crippen LogP contribution in [0.2, 0.25) is 16.6 Å². The summed E-state index contributed by atoms with van der Waals surface area (Å²) in [5.41, 5.74) is 3.87. The van der Waals surface area contributed by atoms with Gasteiger partial charge in [-0.2, -0.15) is 0 Å². The van der Waals surface area contributed by atoms with Crippen molar-refractivity contribution in [3.8, 4) is 0 Å². The lowest BCUT2D eigenvalue weighted by atomic mass is 9.44. The first-order valence-corrected chi connectivity index (χ1v) is 18.6. The fraction of sp³-hybridized carbons (Fsp3) is 0.886.